The first-order chi connectivity index (χ1) is 14.5. The molecule has 0 unspecified atom stereocenters. The van der Waals surface area contributed by atoms with Crippen LogP contribution in [0.4, 0.5) is 15.8 Å². The van der Waals surface area contributed by atoms with Crippen molar-refractivity contribution in [2.45, 2.75) is 0 Å². The highest BCUT2D eigenvalue weighted by Crippen LogP contribution is 2.25. The molecule has 1 aliphatic heterocycles. The Morgan fingerprint density at radius 1 is 1.00 bits per heavy atom. The largest absolute Gasteiger partial charge is 0.475 e. The molecule has 0 spiro atoms. The maximum absolute atomic E-state index is 13.9. The van der Waals surface area contributed by atoms with Crippen LogP contribution < -0.4 is 9.64 Å². The number of anilines is 1. The number of carbonyl (C=O) groups excluding carboxylic acids is 2. The number of nitro benzene ring substituents is 1. The Morgan fingerprint density at radius 3 is 2.37 bits per heavy atom. The molecule has 0 aliphatic carbocycles. The monoisotopic (exact) mass is 417 g/mol. The highest BCUT2D eigenvalue weighted by atomic mass is 19.1. The molecular weight excluding hydrogens is 397 g/mol. The molecule has 3 rings (SSSR count). The van der Waals surface area contributed by atoms with Gasteiger partial charge in [-0.15, -0.1) is 0 Å². The molecule has 0 aromatic heterocycles. The summed E-state index contributed by atoms with van der Waals surface area (Å²) < 4.78 is 23.9. The van der Waals surface area contributed by atoms with Crippen LogP contribution in [-0.2, 0) is 14.3 Å². The minimum Gasteiger partial charge on any atom is -0.475 e. The molecular formula is C20H20FN3O6. The molecule has 1 aliphatic rings. The van der Waals surface area contributed by atoms with E-state index in [0.29, 0.717) is 31.9 Å². The number of para-hydroxylation sites is 3. The summed E-state index contributed by atoms with van der Waals surface area (Å²) in [5.74, 6) is -1.56. The fourth-order valence-electron chi connectivity index (χ4n) is 3.05. The van der Waals surface area contributed by atoms with Gasteiger partial charge in [0, 0.05) is 32.2 Å². The van der Waals surface area contributed by atoms with Gasteiger partial charge in [-0.25, -0.2) is 9.18 Å². The quantitative estimate of drug-likeness (QED) is 0.386. The number of hydrogen-bond acceptors (Lipinski definition) is 7. The maximum atomic E-state index is 13.9. The highest BCUT2D eigenvalue weighted by molar-refractivity contribution is 5.81. The van der Waals surface area contributed by atoms with Crippen LogP contribution in [0.3, 0.4) is 0 Å². The van der Waals surface area contributed by atoms with Gasteiger partial charge >= 0.3 is 11.7 Å². The Labute approximate surface area is 171 Å². The van der Waals surface area contributed by atoms with E-state index in [1.807, 2.05) is 4.90 Å². The molecule has 0 bridgehead atoms. The second kappa shape index (κ2) is 9.68. The zero-order valence-corrected chi connectivity index (χ0v) is 16.0. The van der Waals surface area contributed by atoms with Gasteiger partial charge in [0.2, 0.25) is 0 Å². The van der Waals surface area contributed by atoms with Crippen LogP contribution in [0.1, 0.15) is 0 Å². The lowest BCUT2D eigenvalue weighted by molar-refractivity contribution is -0.385. The standard InChI is InChI=1S/C20H20FN3O6/c21-15-5-1-2-6-16(15)22-9-11-23(12-10-22)19(25)13-30-20(26)14-29-18-8-4-3-7-17(18)24(27)28/h1-8H,9-14H2. The van der Waals surface area contributed by atoms with Gasteiger partial charge in [0.05, 0.1) is 10.6 Å². The van der Waals surface area contributed by atoms with E-state index < -0.39 is 24.1 Å². The van der Waals surface area contributed by atoms with Crippen molar-refractivity contribution >= 4 is 23.3 Å². The molecule has 0 N–H and O–H groups in total. The Morgan fingerprint density at radius 2 is 1.67 bits per heavy atom. The molecule has 1 amide bonds. The van der Waals surface area contributed by atoms with E-state index in [1.165, 1.54) is 35.2 Å². The minimum absolute atomic E-state index is 0.0601. The van der Waals surface area contributed by atoms with Crippen molar-refractivity contribution in [1.29, 1.82) is 0 Å². The van der Waals surface area contributed by atoms with E-state index in [0.717, 1.165) is 0 Å². The highest BCUT2D eigenvalue weighted by Gasteiger charge is 2.23. The fourth-order valence-corrected chi connectivity index (χ4v) is 3.05. The Kier molecular flexibility index (Phi) is 6.79. The van der Waals surface area contributed by atoms with Crippen LogP contribution in [-0.4, -0.2) is 61.1 Å². The van der Waals surface area contributed by atoms with Crippen LogP contribution in [0.15, 0.2) is 48.5 Å². The molecule has 2 aromatic carbocycles. The molecule has 30 heavy (non-hydrogen) atoms. The third kappa shape index (κ3) is 5.22. The van der Waals surface area contributed by atoms with Gasteiger partial charge in [0.15, 0.2) is 19.0 Å². The van der Waals surface area contributed by atoms with Crippen molar-refractivity contribution in [2.24, 2.45) is 0 Å². The number of piperazine rings is 1. The topological polar surface area (TPSA) is 102 Å². The van der Waals surface area contributed by atoms with Gasteiger partial charge in [-0.3, -0.25) is 14.9 Å². The number of benzene rings is 2. The number of hydrogen-bond donors (Lipinski definition) is 0. The summed E-state index contributed by atoms with van der Waals surface area (Å²) in [5.41, 5.74) is 0.220. The van der Waals surface area contributed by atoms with E-state index >= 15 is 0 Å². The number of rotatable bonds is 7. The third-order valence-corrected chi connectivity index (χ3v) is 4.59. The fraction of sp³-hybridized carbons (Fsp3) is 0.300. The number of amides is 1. The van der Waals surface area contributed by atoms with Crippen molar-refractivity contribution < 1.29 is 28.4 Å². The van der Waals surface area contributed by atoms with E-state index in [1.54, 1.807) is 18.2 Å². The molecule has 1 fully saturated rings. The summed E-state index contributed by atoms with van der Waals surface area (Å²) in [6, 6.07) is 12.1. The summed E-state index contributed by atoms with van der Waals surface area (Å²) in [4.78, 5) is 37.8. The van der Waals surface area contributed by atoms with Gasteiger partial charge in [-0.1, -0.05) is 24.3 Å². The average molecular weight is 417 g/mol. The zero-order chi connectivity index (χ0) is 21.5. The van der Waals surface area contributed by atoms with Crippen molar-refractivity contribution in [3.05, 3.63) is 64.5 Å². The molecule has 1 saturated heterocycles. The second-order valence-corrected chi connectivity index (χ2v) is 6.49. The molecule has 10 heteroatoms. The zero-order valence-electron chi connectivity index (χ0n) is 16.0. The van der Waals surface area contributed by atoms with Crippen LogP contribution in [0.25, 0.3) is 0 Å². The van der Waals surface area contributed by atoms with Crippen LogP contribution in [0.5, 0.6) is 5.75 Å². The number of carbonyl (C=O) groups is 2. The summed E-state index contributed by atoms with van der Waals surface area (Å²) in [6.45, 7) is 0.648. The van der Waals surface area contributed by atoms with Gasteiger partial charge < -0.3 is 19.3 Å². The van der Waals surface area contributed by atoms with Gasteiger partial charge in [-0.2, -0.15) is 0 Å². The van der Waals surface area contributed by atoms with Gasteiger partial charge in [-0.05, 0) is 18.2 Å². The number of esters is 1. The van der Waals surface area contributed by atoms with E-state index in [-0.39, 0.29) is 23.2 Å². The minimum atomic E-state index is -0.813. The summed E-state index contributed by atoms with van der Waals surface area (Å²) in [6.07, 6.45) is 0. The molecule has 1 heterocycles. The van der Waals surface area contributed by atoms with Crippen LogP contribution in [0, 0.1) is 15.9 Å². The van der Waals surface area contributed by atoms with Crippen molar-refractivity contribution in [3.63, 3.8) is 0 Å². The number of ether oxygens (including phenoxy) is 2. The lowest BCUT2D eigenvalue weighted by Crippen LogP contribution is -2.50. The average Bonchev–Trinajstić information content (AvgIpc) is 2.76. The third-order valence-electron chi connectivity index (χ3n) is 4.59. The SMILES string of the molecule is O=C(COc1ccccc1[N+](=O)[O-])OCC(=O)N1CCN(c2ccccc2F)CC1. The smallest absolute Gasteiger partial charge is 0.344 e. The second-order valence-electron chi connectivity index (χ2n) is 6.49. The van der Waals surface area contributed by atoms with Crippen LogP contribution in [0.2, 0.25) is 0 Å². The normalized spacial score (nSPS) is 13.6. The Hall–Kier alpha value is -3.69. The summed E-state index contributed by atoms with van der Waals surface area (Å²) >= 11 is 0. The first kappa shape index (κ1) is 21.0. The summed E-state index contributed by atoms with van der Waals surface area (Å²) in [5, 5.41) is 10.9. The Balaban J connectivity index is 1.42. The summed E-state index contributed by atoms with van der Waals surface area (Å²) in [7, 11) is 0. The number of nitro groups is 1. The van der Waals surface area contributed by atoms with Gasteiger partial charge in [0.25, 0.3) is 5.91 Å². The van der Waals surface area contributed by atoms with Crippen molar-refractivity contribution in [1.82, 2.24) is 4.90 Å². The molecule has 9 nitrogen and oxygen atoms in total. The molecule has 2 aromatic rings. The first-order valence-electron chi connectivity index (χ1n) is 9.25. The molecule has 0 radical (unpaired) electrons. The maximum Gasteiger partial charge on any atom is 0.344 e. The number of halogens is 1. The van der Waals surface area contributed by atoms with Gasteiger partial charge in [0.1, 0.15) is 5.82 Å². The predicted molar refractivity (Wildman–Crippen MR) is 105 cm³/mol. The van der Waals surface area contributed by atoms with E-state index in [2.05, 4.69) is 0 Å². The number of nitrogens with zero attached hydrogens (tertiary/aromatic N) is 3. The molecule has 0 saturated carbocycles. The van der Waals surface area contributed by atoms with E-state index in [4.69, 9.17) is 9.47 Å². The molecule has 158 valence electrons. The first-order valence-corrected chi connectivity index (χ1v) is 9.25. The van der Waals surface area contributed by atoms with Crippen molar-refractivity contribution in [2.75, 3.05) is 44.3 Å². The lowest BCUT2D eigenvalue weighted by Gasteiger charge is -2.36. The molecule has 0 atom stereocenters. The Bertz CT molecular complexity index is 930. The predicted octanol–water partition coefficient (Wildman–Crippen LogP) is 2.00. The lowest BCUT2D eigenvalue weighted by atomic mass is 10.2. The van der Waals surface area contributed by atoms with Crippen LogP contribution >= 0.6 is 0 Å². The van der Waals surface area contributed by atoms with E-state index in [9.17, 15) is 24.1 Å². The van der Waals surface area contributed by atoms with Crippen molar-refractivity contribution in [3.8, 4) is 5.75 Å².